The van der Waals surface area contributed by atoms with E-state index in [0.717, 1.165) is 16.6 Å². The zero-order valence-corrected chi connectivity index (χ0v) is 15.0. The Morgan fingerprint density at radius 2 is 1.81 bits per heavy atom. The van der Waals surface area contributed by atoms with Crippen LogP contribution in [0.25, 0.3) is 16.9 Å². The van der Waals surface area contributed by atoms with Crippen LogP contribution in [-0.4, -0.2) is 25.7 Å². The third kappa shape index (κ3) is 3.08. The Bertz CT molecular complexity index is 1130. The van der Waals surface area contributed by atoms with E-state index < -0.39 is 17.4 Å². The molecular formula is C19H14F2N4OS. The van der Waals surface area contributed by atoms with Crippen molar-refractivity contribution in [3.63, 3.8) is 0 Å². The first-order chi connectivity index (χ1) is 13.1. The maximum absolute atomic E-state index is 14.3. The Kier molecular flexibility index (Phi) is 4.41. The highest BCUT2D eigenvalue weighted by atomic mass is 32.2. The van der Waals surface area contributed by atoms with E-state index in [1.807, 2.05) is 30.5 Å². The van der Waals surface area contributed by atoms with Crippen molar-refractivity contribution >= 4 is 28.9 Å². The molecule has 4 aromatic rings. The van der Waals surface area contributed by atoms with Crippen molar-refractivity contribution in [2.24, 2.45) is 0 Å². The molecule has 2 N–H and O–H groups in total. The Hall–Kier alpha value is -3.13. The van der Waals surface area contributed by atoms with Gasteiger partial charge in [0.15, 0.2) is 23.0 Å². The number of nitrogens with one attached hydrogen (secondary N) is 1. The molecule has 0 bridgehead atoms. The number of phenolic OH excluding ortho intramolecular Hbond substituents is 1. The van der Waals surface area contributed by atoms with Crippen molar-refractivity contribution in [3.8, 4) is 17.0 Å². The number of rotatable bonds is 4. The normalized spacial score (nSPS) is 11.1. The van der Waals surface area contributed by atoms with Crippen LogP contribution in [0.2, 0.25) is 0 Å². The first-order valence-corrected chi connectivity index (χ1v) is 9.21. The van der Waals surface area contributed by atoms with Crippen LogP contribution >= 0.6 is 11.8 Å². The fourth-order valence-corrected chi connectivity index (χ4v) is 3.16. The summed E-state index contributed by atoms with van der Waals surface area (Å²) in [7, 11) is 0. The quantitative estimate of drug-likeness (QED) is 0.493. The van der Waals surface area contributed by atoms with E-state index >= 15 is 0 Å². The van der Waals surface area contributed by atoms with Gasteiger partial charge in [-0.25, -0.2) is 14.4 Å². The van der Waals surface area contributed by atoms with Gasteiger partial charge in [0, 0.05) is 28.5 Å². The molecule has 0 saturated carbocycles. The van der Waals surface area contributed by atoms with Crippen molar-refractivity contribution < 1.29 is 13.9 Å². The maximum Gasteiger partial charge on any atom is 0.201 e. The lowest BCUT2D eigenvalue weighted by atomic mass is 10.1. The number of imidazole rings is 1. The number of nitrogens with zero attached hydrogens (tertiary/aromatic N) is 3. The fraction of sp³-hybridized carbons (Fsp3) is 0.0526. The molecule has 2 aromatic heterocycles. The number of phenols is 1. The Morgan fingerprint density at radius 3 is 2.56 bits per heavy atom. The molecule has 5 nitrogen and oxygen atoms in total. The van der Waals surface area contributed by atoms with Crippen LogP contribution in [0, 0.1) is 11.6 Å². The van der Waals surface area contributed by atoms with Gasteiger partial charge in [-0.2, -0.15) is 4.39 Å². The zero-order chi connectivity index (χ0) is 19.0. The molecule has 2 heterocycles. The van der Waals surface area contributed by atoms with E-state index in [-0.39, 0.29) is 5.56 Å². The van der Waals surface area contributed by atoms with Gasteiger partial charge < -0.3 is 10.4 Å². The molecule has 8 heteroatoms. The summed E-state index contributed by atoms with van der Waals surface area (Å²) >= 11 is 1.65. The zero-order valence-electron chi connectivity index (χ0n) is 14.1. The fourth-order valence-electron chi connectivity index (χ4n) is 2.75. The summed E-state index contributed by atoms with van der Waals surface area (Å²) < 4.78 is 29.6. The van der Waals surface area contributed by atoms with Crippen LogP contribution in [0.3, 0.4) is 0 Å². The summed E-state index contributed by atoms with van der Waals surface area (Å²) in [5.41, 5.74) is 1.65. The van der Waals surface area contributed by atoms with Crippen molar-refractivity contribution in [2.75, 3.05) is 11.6 Å². The molecule has 0 aliphatic carbocycles. The number of benzene rings is 2. The van der Waals surface area contributed by atoms with Crippen molar-refractivity contribution in [3.05, 3.63) is 66.6 Å². The van der Waals surface area contributed by atoms with Gasteiger partial charge in [-0.1, -0.05) is 0 Å². The molecule has 0 spiro atoms. The van der Waals surface area contributed by atoms with Crippen LogP contribution in [0.15, 0.2) is 59.9 Å². The lowest BCUT2D eigenvalue weighted by Gasteiger charge is -2.09. The molecule has 0 amide bonds. The number of aromatic nitrogens is 3. The van der Waals surface area contributed by atoms with Crippen LogP contribution < -0.4 is 5.32 Å². The topological polar surface area (TPSA) is 62.5 Å². The van der Waals surface area contributed by atoms with Crippen LogP contribution in [0.4, 0.5) is 20.3 Å². The van der Waals surface area contributed by atoms with E-state index in [4.69, 9.17) is 0 Å². The standard InChI is InChI=1S/C19H14F2N4OS/c1-27-12-4-2-11(3-5-12)24-18-19-23-10-14(25(19)9-8-22-18)13-6-7-15(26)17(21)16(13)20/h2-10,26H,1H3,(H,22,24). The van der Waals surface area contributed by atoms with E-state index in [1.54, 1.807) is 28.6 Å². The highest BCUT2D eigenvalue weighted by Gasteiger charge is 2.18. The number of hydrogen-bond acceptors (Lipinski definition) is 5. The van der Waals surface area contributed by atoms with E-state index in [1.165, 1.54) is 12.3 Å². The monoisotopic (exact) mass is 384 g/mol. The molecule has 136 valence electrons. The summed E-state index contributed by atoms with van der Waals surface area (Å²) in [4.78, 5) is 9.74. The van der Waals surface area contributed by atoms with Crippen LogP contribution in [0.1, 0.15) is 0 Å². The lowest BCUT2D eigenvalue weighted by Crippen LogP contribution is -1.99. The number of aromatic hydroxyl groups is 1. The molecular weight excluding hydrogens is 370 g/mol. The largest absolute Gasteiger partial charge is 0.505 e. The molecule has 2 aromatic carbocycles. The van der Waals surface area contributed by atoms with Crippen LogP contribution in [-0.2, 0) is 0 Å². The van der Waals surface area contributed by atoms with Crippen LogP contribution in [0.5, 0.6) is 5.75 Å². The van der Waals surface area contributed by atoms with Gasteiger partial charge >= 0.3 is 0 Å². The average Bonchev–Trinajstić information content (AvgIpc) is 3.12. The molecule has 4 rings (SSSR count). The van der Waals surface area contributed by atoms with Crippen molar-refractivity contribution in [1.82, 2.24) is 14.4 Å². The first kappa shape index (κ1) is 17.3. The van der Waals surface area contributed by atoms with Gasteiger partial charge in [-0.3, -0.25) is 4.40 Å². The number of halogens is 2. The molecule has 0 radical (unpaired) electrons. The minimum atomic E-state index is -1.29. The Morgan fingerprint density at radius 1 is 1.04 bits per heavy atom. The van der Waals surface area contributed by atoms with Gasteiger partial charge in [-0.05, 0) is 42.7 Å². The number of fused-ring (bicyclic) bond motifs is 1. The predicted molar refractivity (Wildman–Crippen MR) is 102 cm³/mol. The molecule has 0 fully saturated rings. The summed E-state index contributed by atoms with van der Waals surface area (Å²) in [5, 5.41) is 12.5. The van der Waals surface area contributed by atoms with Gasteiger partial charge in [-0.15, -0.1) is 11.8 Å². The van der Waals surface area contributed by atoms with E-state index in [0.29, 0.717) is 17.2 Å². The second-order valence-electron chi connectivity index (χ2n) is 5.73. The molecule has 0 aliphatic rings. The number of thioether (sulfide) groups is 1. The third-order valence-corrected chi connectivity index (χ3v) is 4.86. The van der Waals surface area contributed by atoms with Crippen molar-refractivity contribution in [1.29, 1.82) is 0 Å². The maximum atomic E-state index is 14.3. The molecule has 27 heavy (non-hydrogen) atoms. The number of hydrogen-bond donors (Lipinski definition) is 2. The average molecular weight is 384 g/mol. The Balaban J connectivity index is 1.77. The first-order valence-electron chi connectivity index (χ1n) is 7.99. The van der Waals surface area contributed by atoms with E-state index in [2.05, 4.69) is 15.3 Å². The molecule has 0 saturated heterocycles. The summed E-state index contributed by atoms with van der Waals surface area (Å²) in [6.07, 6.45) is 6.60. The highest BCUT2D eigenvalue weighted by Crippen LogP contribution is 2.31. The molecule has 0 aliphatic heterocycles. The second kappa shape index (κ2) is 6.88. The highest BCUT2D eigenvalue weighted by molar-refractivity contribution is 7.98. The Labute approximate surface area is 157 Å². The van der Waals surface area contributed by atoms with Gasteiger partial charge in [0.05, 0.1) is 11.9 Å². The smallest absolute Gasteiger partial charge is 0.201 e. The third-order valence-electron chi connectivity index (χ3n) is 4.12. The van der Waals surface area contributed by atoms with Crippen molar-refractivity contribution in [2.45, 2.75) is 4.90 Å². The minimum Gasteiger partial charge on any atom is -0.505 e. The minimum absolute atomic E-state index is 0.000673. The summed E-state index contributed by atoms with van der Waals surface area (Å²) in [6, 6.07) is 10.2. The number of anilines is 2. The lowest BCUT2D eigenvalue weighted by molar-refractivity contribution is 0.408. The van der Waals surface area contributed by atoms with E-state index in [9.17, 15) is 13.9 Å². The predicted octanol–water partition coefficient (Wildman–Crippen LogP) is 4.85. The SMILES string of the molecule is CSc1ccc(Nc2nccn3c(-c4ccc(O)c(F)c4F)cnc23)cc1. The van der Waals surface area contributed by atoms with Gasteiger partial charge in [0.2, 0.25) is 5.82 Å². The van der Waals surface area contributed by atoms with Gasteiger partial charge in [0.1, 0.15) is 0 Å². The molecule has 0 unspecified atom stereocenters. The molecule has 0 atom stereocenters. The summed E-state index contributed by atoms with van der Waals surface area (Å²) in [5.74, 6) is -2.66. The summed E-state index contributed by atoms with van der Waals surface area (Å²) in [6.45, 7) is 0. The second-order valence-corrected chi connectivity index (χ2v) is 6.61. The van der Waals surface area contributed by atoms with Gasteiger partial charge in [0.25, 0.3) is 0 Å².